The first kappa shape index (κ1) is 17.9. The third-order valence-corrected chi connectivity index (χ3v) is 5.44. The Balaban J connectivity index is 1.97. The highest BCUT2D eigenvalue weighted by Gasteiger charge is 2.32. The van der Waals surface area contributed by atoms with Gasteiger partial charge in [0.2, 0.25) is 0 Å². The molecule has 0 bridgehead atoms. The zero-order valence-electron chi connectivity index (χ0n) is 15.7. The maximum absolute atomic E-state index is 13.5. The van der Waals surface area contributed by atoms with Crippen molar-refractivity contribution in [3.63, 3.8) is 0 Å². The van der Waals surface area contributed by atoms with Gasteiger partial charge in [-0.2, -0.15) is 0 Å². The third-order valence-electron chi connectivity index (χ3n) is 5.44. The van der Waals surface area contributed by atoms with Gasteiger partial charge in [-0.1, -0.05) is 56.3 Å². The van der Waals surface area contributed by atoms with Crippen molar-refractivity contribution >= 4 is 11.3 Å². The van der Waals surface area contributed by atoms with Crippen molar-refractivity contribution in [3.8, 4) is 0 Å². The van der Waals surface area contributed by atoms with Crippen LogP contribution in [0.15, 0.2) is 70.7 Å². The standard InChI is InChI=1S/C24H24FNO/c1-15(2)23-21(14-27)22(17-10-12-18(25)13-11-17)20-9-5-7-16-6-3-4-8-19(16)24(20)26-23/h3-4,6,8-13,15,23,27H,5,7,14H2,1-2H3. The van der Waals surface area contributed by atoms with Gasteiger partial charge in [0, 0.05) is 11.1 Å². The zero-order valence-corrected chi connectivity index (χ0v) is 15.7. The number of allylic oxidation sites excluding steroid dienone is 3. The smallest absolute Gasteiger partial charge is 0.123 e. The van der Waals surface area contributed by atoms with Crippen LogP contribution in [0.5, 0.6) is 0 Å². The summed E-state index contributed by atoms with van der Waals surface area (Å²) >= 11 is 0. The summed E-state index contributed by atoms with van der Waals surface area (Å²) < 4.78 is 13.5. The summed E-state index contributed by atoms with van der Waals surface area (Å²) in [5.74, 6) is 0.00210. The van der Waals surface area contributed by atoms with Gasteiger partial charge >= 0.3 is 0 Å². The van der Waals surface area contributed by atoms with Gasteiger partial charge in [0.05, 0.1) is 18.4 Å². The summed E-state index contributed by atoms with van der Waals surface area (Å²) in [6.45, 7) is 4.21. The van der Waals surface area contributed by atoms with E-state index in [-0.39, 0.29) is 24.4 Å². The molecule has 27 heavy (non-hydrogen) atoms. The minimum Gasteiger partial charge on any atom is -0.392 e. The van der Waals surface area contributed by atoms with Gasteiger partial charge in [0.1, 0.15) is 5.82 Å². The average molecular weight is 361 g/mol. The molecule has 0 radical (unpaired) electrons. The number of benzene rings is 2. The summed E-state index contributed by atoms with van der Waals surface area (Å²) in [7, 11) is 0. The van der Waals surface area contributed by atoms with Gasteiger partial charge in [-0.15, -0.1) is 0 Å². The molecule has 138 valence electrons. The van der Waals surface area contributed by atoms with Crippen LogP contribution in [0.1, 0.15) is 37.0 Å². The molecule has 3 heteroatoms. The summed E-state index contributed by atoms with van der Waals surface area (Å²) in [5, 5.41) is 10.2. The molecule has 2 aromatic rings. The molecule has 0 spiro atoms. The highest BCUT2D eigenvalue weighted by Crippen LogP contribution is 2.40. The lowest BCUT2D eigenvalue weighted by molar-refractivity contribution is 0.315. The summed E-state index contributed by atoms with van der Waals surface area (Å²) in [6, 6.07) is 14.9. The molecule has 1 unspecified atom stereocenters. The van der Waals surface area contributed by atoms with Crippen LogP contribution in [0.2, 0.25) is 0 Å². The fourth-order valence-corrected chi connectivity index (χ4v) is 4.16. The van der Waals surface area contributed by atoms with E-state index in [2.05, 4.69) is 44.2 Å². The normalized spacial score (nSPS) is 19.2. The predicted molar refractivity (Wildman–Crippen MR) is 108 cm³/mol. The van der Waals surface area contributed by atoms with Crippen molar-refractivity contribution in [2.24, 2.45) is 10.9 Å². The van der Waals surface area contributed by atoms with E-state index in [1.807, 2.05) is 0 Å². The van der Waals surface area contributed by atoms with Crippen LogP contribution >= 0.6 is 0 Å². The van der Waals surface area contributed by atoms with E-state index < -0.39 is 0 Å². The molecule has 0 fully saturated rings. The van der Waals surface area contributed by atoms with Gasteiger partial charge in [-0.25, -0.2) is 4.39 Å². The van der Waals surface area contributed by atoms with Crippen molar-refractivity contribution in [3.05, 3.63) is 88.3 Å². The number of hydrogen-bond donors (Lipinski definition) is 1. The molecule has 2 nitrogen and oxygen atoms in total. The molecule has 2 aliphatic rings. The van der Waals surface area contributed by atoms with Crippen molar-refractivity contribution in [2.75, 3.05) is 6.61 Å². The molecular formula is C24H24FNO. The van der Waals surface area contributed by atoms with E-state index in [1.165, 1.54) is 23.3 Å². The second-order valence-electron chi connectivity index (χ2n) is 7.55. The molecule has 1 atom stereocenters. The van der Waals surface area contributed by atoms with Crippen LogP contribution in [0.3, 0.4) is 0 Å². The number of halogens is 1. The molecule has 1 N–H and O–H groups in total. The Kier molecular flexibility index (Phi) is 4.79. The number of aliphatic hydroxyl groups excluding tert-OH is 1. The number of aliphatic hydroxyl groups is 1. The minimum absolute atomic E-state index is 0.0503. The van der Waals surface area contributed by atoms with Crippen molar-refractivity contribution in [2.45, 2.75) is 32.7 Å². The van der Waals surface area contributed by atoms with Crippen molar-refractivity contribution < 1.29 is 9.50 Å². The third kappa shape index (κ3) is 3.17. The Labute approximate surface area is 159 Å². The van der Waals surface area contributed by atoms with E-state index in [9.17, 15) is 9.50 Å². The van der Waals surface area contributed by atoms with Crippen LogP contribution in [0, 0.1) is 11.7 Å². The van der Waals surface area contributed by atoms with Gasteiger partial charge in [-0.3, -0.25) is 4.99 Å². The maximum Gasteiger partial charge on any atom is 0.123 e. The number of dihydropyridines is 1. The molecule has 1 aliphatic carbocycles. The second-order valence-corrected chi connectivity index (χ2v) is 7.55. The molecule has 1 heterocycles. The topological polar surface area (TPSA) is 32.6 Å². The fourth-order valence-electron chi connectivity index (χ4n) is 4.16. The van der Waals surface area contributed by atoms with Gasteiger partial charge in [0.15, 0.2) is 0 Å². The summed E-state index contributed by atoms with van der Waals surface area (Å²) in [6.07, 6.45) is 4.11. The van der Waals surface area contributed by atoms with Crippen molar-refractivity contribution in [1.29, 1.82) is 0 Å². The number of aryl methyl sites for hydroxylation is 1. The van der Waals surface area contributed by atoms with Crippen LogP contribution < -0.4 is 0 Å². The Morgan fingerprint density at radius 2 is 1.85 bits per heavy atom. The Bertz CT molecular complexity index is 951. The van der Waals surface area contributed by atoms with Crippen LogP contribution in [0.4, 0.5) is 4.39 Å². The monoisotopic (exact) mass is 361 g/mol. The number of hydrogen-bond acceptors (Lipinski definition) is 2. The SMILES string of the molecule is CC(C)C1N=C2C(=CCCc3ccccc32)C(c2ccc(F)cc2)=C1CO. The fraction of sp³-hybridized carbons (Fsp3) is 0.292. The van der Waals surface area contributed by atoms with E-state index in [0.29, 0.717) is 0 Å². The first-order chi connectivity index (χ1) is 13.1. The van der Waals surface area contributed by atoms with Crippen LogP contribution in [-0.2, 0) is 6.42 Å². The molecule has 0 saturated heterocycles. The summed E-state index contributed by atoms with van der Waals surface area (Å²) in [5.41, 5.74) is 7.40. The molecule has 2 aromatic carbocycles. The Hall–Kier alpha value is -2.52. The quantitative estimate of drug-likeness (QED) is 0.822. The molecule has 0 saturated carbocycles. The Morgan fingerprint density at radius 3 is 2.56 bits per heavy atom. The number of fused-ring (bicyclic) bond motifs is 3. The lowest BCUT2D eigenvalue weighted by atomic mass is 9.80. The Morgan fingerprint density at radius 1 is 1.11 bits per heavy atom. The van der Waals surface area contributed by atoms with Gasteiger partial charge < -0.3 is 5.11 Å². The van der Waals surface area contributed by atoms with Crippen molar-refractivity contribution in [1.82, 2.24) is 0 Å². The maximum atomic E-state index is 13.5. The molecular weight excluding hydrogens is 337 g/mol. The lowest BCUT2D eigenvalue weighted by Crippen LogP contribution is -2.28. The summed E-state index contributed by atoms with van der Waals surface area (Å²) in [4.78, 5) is 5.11. The first-order valence-corrected chi connectivity index (χ1v) is 9.57. The second kappa shape index (κ2) is 7.24. The zero-order chi connectivity index (χ0) is 19.0. The van der Waals surface area contributed by atoms with Gasteiger partial charge in [-0.05, 0) is 53.2 Å². The highest BCUT2D eigenvalue weighted by atomic mass is 19.1. The van der Waals surface area contributed by atoms with Crippen LogP contribution in [-0.4, -0.2) is 23.5 Å². The largest absolute Gasteiger partial charge is 0.392 e. The molecule has 0 amide bonds. The first-order valence-electron chi connectivity index (χ1n) is 9.57. The number of aliphatic imine (C=N–C) groups is 1. The minimum atomic E-state index is -0.254. The van der Waals surface area contributed by atoms with Gasteiger partial charge in [0.25, 0.3) is 0 Å². The highest BCUT2D eigenvalue weighted by molar-refractivity contribution is 6.24. The van der Waals surface area contributed by atoms with E-state index >= 15 is 0 Å². The number of rotatable bonds is 3. The average Bonchev–Trinajstić information content (AvgIpc) is 2.86. The number of nitrogens with zero attached hydrogens (tertiary/aromatic N) is 1. The molecule has 0 aromatic heterocycles. The van der Waals surface area contributed by atoms with E-state index in [0.717, 1.165) is 40.8 Å². The predicted octanol–water partition coefficient (Wildman–Crippen LogP) is 4.97. The molecule has 1 aliphatic heterocycles. The molecule has 4 rings (SSSR count). The van der Waals surface area contributed by atoms with E-state index in [4.69, 9.17) is 4.99 Å². The van der Waals surface area contributed by atoms with Crippen LogP contribution in [0.25, 0.3) is 5.57 Å². The lowest BCUT2D eigenvalue weighted by Gasteiger charge is -2.31. The van der Waals surface area contributed by atoms with E-state index in [1.54, 1.807) is 12.1 Å².